The molecule has 2 aromatic carbocycles. The molecule has 0 aliphatic carbocycles. The van der Waals surface area contributed by atoms with Crippen LogP contribution in [-0.2, 0) is 9.59 Å². The van der Waals surface area contributed by atoms with Crippen molar-refractivity contribution >= 4 is 23.4 Å². The summed E-state index contributed by atoms with van der Waals surface area (Å²) in [5.41, 5.74) is 3.14. The zero-order valence-electron chi connectivity index (χ0n) is 16.7. The fourth-order valence-electron chi connectivity index (χ4n) is 2.82. The molecule has 148 valence electrons. The SMILES string of the molecule is Cc1cccc(C)c1NC(=O)CNC(=O)C(NC(=O)c1ccccc1)C(C)C. The molecule has 3 N–H and O–H groups in total. The smallest absolute Gasteiger partial charge is 0.251 e. The van der Waals surface area contributed by atoms with Crippen molar-refractivity contribution in [2.24, 2.45) is 5.92 Å². The fourth-order valence-corrected chi connectivity index (χ4v) is 2.82. The van der Waals surface area contributed by atoms with Crippen LogP contribution in [0.2, 0.25) is 0 Å². The van der Waals surface area contributed by atoms with Gasteiger partial charge in [0.05, 0.1) is 6.54 Å². The number of rotatable bonds is 7. The van der Waals surface area contributed by atoms with Crippen LogP contribution in [0.25, 0.3) is 0 Å². The van der Waals surface area contributed by atoms with E-state index in [1.54, 1.807) is 24.3 Å². The van der Waals surface area contributed by atoms with E-state index in [1.807, 2.05) is 52.0 Å². The molecule has 1 atom stereocenters. The van der Waals surface area contributed by atoms with E-state index < -0.39 is 11.9 Å². The Balaban J connectivity index is 1.95. The molecule has 0 fully saturated rings. The summed E-state index contributed by atoms with van der Waals surface area (Å²) < 4.78 is 0. The number of anilines is 1. The van der Waals surface area contributed by atoms with Crippen molar-refractivity contribution in [1.82, 2.24) is 10.6 Å². The van der Waals surface area contributed by atoms with E-state index in [9.17, 15) is 14.4 Å². The number of aryl methyl sites for hydroxylation is 2. The summed E-state index contributed by atoms with van der Waals surface area (Å²) in [6.45, 7) is 7.33. The third kappa shape index (κ3) is 5.67. The van der Waals surface area contributed by atoms with Gasteiger partial charge in [-0.3, -0.25) is 14.4 Å². The van der Waals surface area contributed by atoms with Gasteiger partial charge in [-0.2, -0.15) is 0 Å². The van der Waals surface area contributed by atoms with Gasteiger partial charge < -0.3 is 16.0 Å². The second-order valence-electron chi connectivity index (χ2n) is 7.09. The van der Waals surface area contributed by atoms with Crippen LogP contribution in [0.15, 0.2) is 48.5 Å². The van der Waals surface area contributed by atoms with E-state index in [4.69, 9.17) is 0 Å². The lowest BCUT2D eigenvalue weighted by Gasteiger charge is -2.22. The van der Waals surface area contributed by atoms with E-state index in [0.29, 0.717) is 5.56 Å². The first-order valence-electron chi connectivity index (χ1n) is 9.29. The summed E-state index contributed by atoms with van der Waals surface area (Å²) in [7, 11) is 0. The van der Waals surface area contributed by atoms with Crippen LogP contribution in [0.1, 0.15) is 35.3 Å². The van der Waals surface area contributed by atoms with Crippen LogP contribution >= 0.6 is 0 Å². The van der Waals surface area contributed by atoms with Crippen LogP contribution in [0.3, 0.4) is 0 Å². The van der Waals surface area contributed by atoms with Crippen molar-refractivity contribution in [1.29, 1.82) is 0 Å². The van der Waals surface area contributed by atoms with Gasteiger partial charge in [-0.15, -0.1) is 0 Å². The highest BCUT2D eigenvalue weighted by atomic mass is 16.2. The molecular weight excluding hydrogens is 354 g/mol. The minimum absolute atomic E-state index is 0.130. The van der Waals surface area contributed by atoms with Gasteiger partial charge in [-0.25, -0.2) is 0 Å². The Labute approximate surface area is 165 Å². The summed E-state index contributed by atoms with van der Waals surface area (Å²) in [6, 6.07) is 13.7. The molecule has 2 rings (SSSR count). The summed E-state index contributed by atoms with van der Waals surface area (Å²) in [5.74, 6) is -1.16. The van der Waals surface area contributed by atoms with Crippen LogP contribution in [0.5, 0.6) is 0 Å². The third-order valence-corrected chi connectivity index (χ3v) is 4.44. The first-order chi connectivity index (χ1) is 13.3. The van der Waals surface area contributed by atoms with Gasteiger partial charge in [0.1, 0.15) is 6.04 Å². The Morgan fingerprint density at radius 2 is 1.50 bits per heavy atom. The summed E-state index contributed by atoms with van der Waals surface area (Å²) in [5, 5.41) is 8.18. The summed E-state index contributed by atoms with van der Waals surface area (Å²) in [6.07, 6.45) is 0. The van der Waals surface area contributed by atoms with Gasteiger partial charge in [-0.1, -0.05) is 50.2 Å². The molecule has 0 heterocycles. The summed E-state index contributed by atoms with van der Waals surface area (Å²) >= 11 is 0. The number of benzene rings is 2. The van der Waals surface area contributed by atoms with Gasteiger partial charge in [0.25, 0.3) is 5.91 Å². The average molecular weight is 381 g/mol. The molecular formula is C22H27N3O3. The number of para-hydroxylation sites is 1. The highest BCUT2D eigenvalue weighted by molar-refractivity contribution is 5.99. The molecule has 0 saturated carbocycles. The average Bonchev–Trinajstić information content (AvgIpc) is 2.67. The Morgan fingerprint density at radius 3 is 2.07 bits per heavy atom. The second-order valence-corrected chi connectivity index (χ2v) is 7.09. The predicted octanol–water partition coefficient (Wildman–Crippen LogP) is 2.81. The molecule has 0 radical (unpaired) electrons. The first kappa shape index (κ1) is 21.2. The second kappa shape index (κ2) is 9.69. The van der Waals surface area contributed by atoms with Crippen molar-refractivity contribution in [3.63, 3.8) is 0 Å². The molecule has 0 saturated heterocycles. The van der Waals surface area contributed by atoms with Crippen LogP contribution in [-0.4, -0.2) is 30.3 Å². The van der Waals surface area contributed by atoms with Crippen molar-refractivity contribution in [2.45, 2.75) is 33.7 Å². The molecule has 1 unspecified atom stereocenters. The maximum atomic E-state index is 12.5. The third-order valence-electron chi connectivity index (χ3n) is 4.44. The number of carbonyl (C=O) groups is 3. The molecule has 0 spiro atoms. The number of carbonyl (C=O) groups excluding carboxylic acids is 3. The van der Waals surface area contributed by atoms with Crippen molar-refractivity contribution in [3.05, 3.63) is 65.2 Å². The van der Waals surface area contributed by atoms with E-state index in [-0.39, 0.29) is 24.3 Å². The topological polar surface area (TPSA) is 87.3 Å². The number of hydrogen-bond donors (Lipinski definition) is 3. The zero-order valence-corrected chi connectivity index (χ0v) is 16.7. The predicted molar refractivity (Wildman–Crippen MR) is 110 cm³/mol. The highest BCUT2D eigenvalue weighted by Crippen LogP contribution is 2.19. The summed E-state index contributed by atoms with van der Waals surface area (Å²) in [4.78, 5) is 37.1. The first-order valence-corrected chi connectivity index (χ1v) is 9.29. The van der Waals surface area contributed by atoms with Gasteiger partial charge >= 0.3 is 0 Å². The molecule has 0 aliphatic heterocycles. The quantitative estimate of drug-likeness (QED) is 0.689. The molecule has 2 aromatic rings. The lowest BCUT2D eigenvalue weighted by molar-refractivity contribution is -0.126. The van der Waals surface area contributed by atoms with E-state index in [0.717, 1.165) is 16.8 Å². The Hall–Kier alpha value is -3.15. The molecule has 3 amide bonds. The fraction of sp³-hybridized carbons (Fsp3) is 0.318. The van der Waals surface area contributed by atoms with Crippen LogP contribution in [0.4, 0.5) is 5.69 Å². The molecule has 28 heavy (non-hydrogen) atoms. The molecule has 0 aliphatic rings. The lowest BCUT2D eigenvalue weighted by Crippen LogP contribution is -2.51. The van der Waals surface area contributed by atoms with Crippen LogP contribution in [0, 0.1) is 19.8 Å². The van der Waals surface area contributed by atoms with E-state index in [1.165, 1.54) is 0 Å². The molecule has 0 bridgehead atoms. The van der Waals surface area contributed by atoms with E-state index in [2.05, 4.69) is 16.0 Å². The number of nitrogens with one attached hydrogen (secondary N) is 3. The highest BCUT2D eigenvalue weighted by Gasteiger charge is 2.25. The van der Waals surface area contributed by atoms with Crippen molar-refractivity contribution in [3.8, 4) is 0 Å². The maximum Gasteiger partial charge on any atom is 0.251 e. The van der Waals surface area contributed by atoms with E-state index >= 15 is 0 Å². The number of hydrogen-bond acceptors (Lipinski definition) is 3. The molecule has 6 heteroatoms. The Kier molecular flexibility index (Phi) is 7.32. The standard InChI is InChI=1S/C22H27N3O3/c1-14(2)19(25-21(27)17-11-6-5-7-12-17)22(28)23-13-18(26)24-20-15(3)9-8-10-16(20)4/h5-12,14,19H,13H2,1-4H3,(H,23,28)(H,24,26)(H,25,27). The van der Waals surface area contributed by atoms with Crippen molar-refractivity contribution in [2.75, 3.05) is 11.9 Å². The van der Waals surface area contributed by atoms with Gasteiger partial charge in [-0.05, 0) is 43.0 Å². The van der Waals surface area contributed by atoms with Crippen LogP contribution < -0.4 is 16.0 Å². The monoisotopic (exact) mass is 381 g/mol. The Bertz CT molecular complexity index is 827. The zero-order chi connectivity index (χ0) is 20.7. The minimum atomic E-state index is -0.735. The minimum Gasteiger partial charge on any atom is -0.345 e. The molecule has 0 aromatic heterocycles. The normalized spacial score (nSPS) is 11.6. The van der Waals surface area contributed by atoms with Gasteiger partial charge in [0, 0.05) is 11.3 Å². The number of amides is 3. The van der Waals surface area contributed by atoms with Gasteiger partial charge in [0.2, 0.25) is 11.8 Å². The lowest BCUT2D eigenvalue weighted by atomic mass is 10.0. The largest absolute Gasteiger partial charge is 0.345 e. The Morgan fingerprint density at radius 1 is 0.893 bits per heavy atom. The van der Waals surface area contributed by atoms with Crippen molar-refractivity contribution < 1.29 is 14.4 Å². The van der Waals surface area contributed by atoms with Gasteiger partial charge in [0.15, 0.2) is 0 Å². The molecule has 6 nitrogen and oxygen atoms in total. The maximum absolute atomic E-state index is 12.5.